The van der Waals surface area contributed by atoms with Gasteiger partial charge in [-0.05, 0) is 37.0 Å². The highest BCUT2D eigenvalue weighted by Gasteiger charge is 2.45. The van der Waals surface area contributed by atoms with Crippen molar-refractivity contribution in [1.29, 1.82) is 0 Å². The first-order valence-corrected chi connectivity index (χ1v) is 7.21. The molecule has 2 heterocycles. The third-order valence-corrected chi connectivity index (χ3v) is 3.91. The molecule has 1 atom stereocenters. The lowest BCUT2D eigenvalue weighted by Gasteiger charge is -2.26. The van der Waals surface area contributed by atoms with Gasteiger partial charge in [0.1, 0.15) is 11.7 Å². The Labute approximate surface area is 122 Å². The molecule has 6 nitrogen and oxygen atoms in total. The van der Waals surface area contributed by atoms with Crippen molar-refractivity contribution in [2.45, 2.75) is 44.7 Å². The largest absolute Gasteiger partial charge is 0.322 e. The molecule has 0 radical (unpaired) electrons. The normalized spacial score (nSPS) is 21.3. The van der Waals surface area contributed by atoms with E-state index in [1.807, 2.05) is 13.0 Å². The van der Waals surface area contributed by atoms with Crippen molar-refractivity contribution >= 4 is 17.7 Å². The van der Waals surface area contributed by atoms with E-state index >= 15 is 0 Å². The molecular formula is C15H17N3O3. The van der Waals surface area contributed by atoms with E-state index in [1.54, 1.807) is 17.2 Å². The fraction of sp³-hybridized carbons (Fsp3) is 0.467. The van der Waals surface area contributed by atoms with Crippen molar-refractivity contribution in [3.05, 3.63) is 29.6 Å². The number of imide groups is 1. The molecule has 1 N–H and O–H groups in total. The van der Waals surface area contributed by atoms with Crippen molar-refractivity contribution in [3.63, 3.8) is 0 Å². The predicted octanol–water partition coefficient (Wildman–Crippen LogP) is 0.664. The van der Waals surface area contributed by atoms with Gasteiger partial charge in [-0.1, -0.05) is 6.92 Å². The maximum atomic E-state index is 12.7. The Balaban J connectivity index is 1.88. The maximum Gasteiger partial charge on any atom is 0.273 e. The van der Waals surface area contributed by atoms with Crippen LogP contribution < -0.4 is 5.32 Å². The van der Waals surface area contributed by atoms with Gasteiger partial charge in [-0.25, -0.2) is 0 Å². The van der Waals surface area contributed by atoms with Crippen LogP contribution in [0.25, 0.3) is 0 Å². The number of pyridine rings is 1. The van der Waals surface area contributed by atoms with Gasteiger partial charge in [0, 0.05) is 12.2 Å². The fourth-order valence-corrected chi connectivity index (χ4v) is 2.62. The summed E-state index contributed by atoms with van der Waals surface area (Å²) in [5.41, 5.74) is 1.37. The summed E-state index contributed by atoms with van der Waals surface area (Å²) < 4.78 is 0. The van der Waals surface area contributed by atoms with Crippen molar-refractivity contribution in [2.24, 2.45) is 0 Å². The molecule has 1 saturated heterocycles. The molecule has 2 fully saturated rings. The van der Waals surface area contributed by atoms with Crippen LogP contribution in [0, 0.1) is 0 Å². The molecule has 0 aromatic carbocycles. The first kappa shape index (κ1) is 13.7. The highest BCUT2D eigenvalue weighted by molar-refractivity contribution is 6.08. The van der Waals surface area contributed by atoms with Crippen LogP contribution in [0.2, 0.25) is 0 Å². The number of hydrogen-bond donors (Lipinski definition) is 1. The third-order valence-electron chi connectivity index (χ3n) is 3.91. The van der Waals surface area contributed by atoms with E-state index in [4.69, 9.17) is 0 Å². The Kier molecular flexibility index (Phi) is 3.45. The summed E-state index contributed by atoms with van der Waals surface area (Å²) in [6.07, 6.45) is 4.22. The smallest absolute Gasteiger partial charge is 0.273 e. The van der Waals surface area contributed by atoms with E-state index in [9.17, 15) is 14.4 Å². The molecule has 0 unspecified atom stereocenters. The molecule has 3 amide bonds. The van der Waals surface area contributed by atoms with Gasteiger partial charge < -0.3 is 4.90 Å². The number of rotatable bonds is 4. The number of nitrogens with one attached hydrogen (secondary N) is 1. The van der Waals surface area contributed by atoms with E-state index in [0.29, 0.717) is 5.69 Å². The minimum Gasteiger partial charge on any atom is -0.322 e. The highest BCUT2D eigenvalue weighted by atomic mass is 16.2. The zero-order chi connectivity index (χ0) is 15.0. The van der Waals surface area contributed by atoms with Gasteiger partial charge in [0.2, 0.25) is 11.8 Å². The molecule has 2 aliphatic rings. The molecular weight excluding hydrogens is 270 g/mol. The fourth-order valence-electron chi connectivity index (χ4n) is 2.62. The molecule has 0 bridgehead atoms. The summed E-state index contributed by atoms with van der Waals surface area (Å²) in [5.74, 6) is -0.965. The molecule has 1 aromatic heterocycles. The van der Waals surface area contributed by atoms with Crippen molar-refractivity contribution in [2.75, 3.05) is 0 Å². The summed E-state index contributed by atoms with van der Waals surface area (Å²) in [7, 11) is 0. The SMILES string of the molecule is CCc1ccnc(C(=O)N(C2CC2)[C@@H]2CC(=O)NC2=O)c1. The molecule has 0 spiro atoms. The minimum absolute atomic E-state index is 0.0474. The topological polar surface area (TPSA) is 79.4 Å². The second-order valence-corrected chi connectivity index (χ2v) is 5.48. The second kappa shape index (κ2) is 5.27. The molecule has 1 aliphatic heterocycles. The molecule has 110 valence electrons. The van der Waals surface area contributed by atoms with Gasteiger partial charge in [0.05, 0.1) is 6.42 Å². The minimum atomic E-state index is -0.690. The highest BCUT2D eigenvalue weighted by Crippen LogP contribution is 2.32. The number of nitrogens with zero attached hydrogens (tertiary/aromatic N) is 2. The third kappa shape index (κ3) is 2.66. The standard InChI is InChI=1S/C15H17N3O3/c1-2-9-5-6-16-11(7-9)15(21)18(10-3-4-10)12-8-13(19)17-14(12)20/h5-7,10,12H,2-4,8H2,1H3,(H,17,19,20)/t12-/m1/s1. The molecule has 3 rings (SSSR count). The Morgan fingerprint density at radius 2 is 2.19 bits per heavy atom. The van der Waals surface area contributed by atoms with Gasteiger partial charge in [-0.2, -0.15) is 0 Å². The van der Waals surface area contributed by atoms with Crippen LogP contribution in [0.4, 0.5) is 0 Å². The van der Waals surface area contributed by atoms with Crippen LogP contribution in [0.5, 0.6) is 0 Å². The Bertz CT molecular complexity index is 610. The summed E-state index contributed by atoms with van der Waals surface area (Å²) in [4.78, 5) is 41.6. The number of aryl methyl sites for hydroxylation is 1. The van der Waals surface area contributed by atoms with E-state index in [0.717, 1.165) is 24.8 Å². The zero-order valence-corrected chi connectivity index (χ0v) is 11.8. The van der Waals surface area contributed by atoms with Crippen molar-refractivity contribution in [3.8, 4) is 0 Å². The molecule has 1 saturated carbocycles. The summed E-state index contributed by atoms with van der Waals surface area (Å²) in [6, 6.07) is 2.98. The second-order valence-electron chi connectivity index (χ2n) is 5.48. The summed E-state index contributed by atoms with van der Waals surface area (Å²) in [5, 5.41) is 2.27. The molecule has 1 aromatic rings. The first-order chi connectivity index (χ1) is 10.1. The average Bonchev–Trinajstić information content (AvgIpc) is 3.25. The van der Waals surface area contributed by atoms with Crippen LogP contribution in [-0.4, -0.2) is 39.7 Å². The first-order valence-electron chi connectivity index (χ1n) is 7.21. The Morgan fingerprint density at radius 1 is 1.43 bits per heavy atom. The van der Waals surface area contributed by atoms with Crippen LogP contribution in [0.15, 0.2) is 18.3 Å². The van der Waals surface area contributed by atoms with E-state index in [-0.39, 0.29) is 30.2 Å². The van der Waals surface area contributed by atoms with Gasteiger partial charge in [0.25, 0.3) is 5.91 Å². The van der Waals surface area contributed by atoms with Crippen LogP contribution in [-0.2, 0) is 16.0 Å². The van der Waals surface area contributed by atoms with Gasteiger partial charge in [-0.15, -0.1) is 0 Å². The van der Waals surface area contributed by atoms with Crippen molar-refractivity contribution < 1.29 is 14.4 Å². The van der Waals surface area contributed by atoms with Crippen LogP contribution in [0.3, 0.4) is 0 Å². The molecule has 6 heteroatoms. The lowest BCUT2D eigenvalue weighted by atomic mass is 10.1. The summed E-state index contributed by atoms with van der Waals surface area (Å²) >= 11 is 0. The Hall–Kier alpha value is -2.24. The predicted molar refractivity (Wildman–Crippen MR) is 74.4 cm³/mol. The Morgan fingerprint density at radius 3 is 2.76 bits per heavy atom. The molecule has 21 heavy (non-hydrogen) atoms. The van der Waals surface area contributed by atoms with Crippen LogP contribution >= 0.6 is 0 Å². The number of carbonyl (C=O) groups is 3. The van der Waals surface area contributed by atoms with Crippen LogP contribution in [0.1, 0.15) is 42.2 Å². The maximum absolute atomic E-state index is 12.7. The number of hydrogen-bond acceptors (Lipinski definition) is 4. The molecule has 1 aliphatic carbocycles. The number of carbonyl (C=O) groups excluding carboxylic acids is 3. The van der Waals surface area contributed by atoms with E-state index < -0.39 is 6.04 Å². The van der Waals surface area contributed by atoms with E-state index in [2.05, 4.69) is 10.3 Å². The number of aromatic nitrogens is 1. The number of amides is 3. The average molecular weight is 287 g/mol. The van der Waals surface area contributed by atoms with Gasteiger partial charge >= 0.3 is 0 Å². The zero-order valence-electron chi connectivity index (χ0n) is 11.8. The van der Waals surface area contributed by atoms with E-state index in [1.165, 1.54) is 0 Å². The quantitative estimate of drug-likeness (QED) is 0.825. The van der Waals surface area contributed by atoms with Crippen molar-refractivity contribution in [1.82, 2.24) is 15.2 Å². The lowest BCUT2D eigenvalue weighted by Crippen LogP contribution is -2.46. The summed E-state index contributed by atoms with van der Waals surface area (Å²) in [6.45, 7) is 2.01. The lowest BCUT2D eigenvalue weighted by molar-refractivity contribution is -0.126. The monoisotopic (exact) mass is 287 g/mol. The van der Waals surface area contributed by atoms with Gasteiger partial charge in [-0.3, -0.25) is 24.7 Å². The van der Waals surface area contributed by atoms with Gasteiger partial charge in [0.15, 0.2) is 0 Å².